The number of benzene rings is 2. The Morgan fingerprint density at radius 1 is 0.957 bits per heavy atom. The summed E-state index contributed by atoms with van der Waals surface area (Å²) in [6.07, 6.45) is 3.74. The Labute approximate surface area is 137 Å². The van der Waals surface area contributed by atoms with Crippen molar-refractivity contribution in [1.29, 1.82) is 0 Å². The molecule has 1 aliphatic carbocycles. The number of aryl methyl sites for hydroxylation is 2. The first-order valence-corrected chi connectivity index (χ1v) is 8.80. The van der Waals surface area contributed by atoms with Crippen LogP contribution in [-0.2, 0) is 13.0 Å². The molecule has 2 atom stereocenters. The van der Waals surface area contributed by atoms with Gasteiger partial charge in [0.1, 0.15) is 0 Å². The average Bonchev–Trinajstić information content (AvgIpc) is 2.98. The molecule has 0 spiro atoms. The lowest BCUT2D eigenvalue weighted by molar-refractivity contribution is 0.327. The highest BCUT2D eigenvalue weighted by molar-refractivity contribution is 5.87. The van der Waals surface area contributed by atoms with Crippen LogP contribution in [0, 0.1) is 0 Å². The van der Waals surface area contributed by atoms with Crippen molar-refractivity contribution < 1.29 is 0 Å². The predicted octanol–water partition coefficient (Wildman–Crippen LogP) is 4.41. The van der Waals surface area contributed by atoms with Gasteiger partial charge in [0.15, 0.2) is 0 Å². The van der Waals surface area contributed by atoms with Crippen LogP contribution in [0.5, 0.6) is 0 Å². The van der Waals surface area contributed by atoms with Crippen molar-refractivity contribution in [2.45, 2.75) is 37.8 Å². The molecule has 1 N–H and O–H groups in total. The zero-order valence-corrected chi connectivity index (χ0v) is 13.3. The van der Waals surface area contributed by atoms with Crippen molar-refractivity contribution in [1.82, 2.24) is 9.88 Å². The molecule has 2 nitrogen and oxygen atoms in total. The van der Waals surface area contributed by atoms with Crippen molar-refractivity contribution in [3.05, 3.63) is 71.4 Å². The van der Waals surface area contributed by atoms with Crippen molar-refractivity contribution in [2.75, 3.05) is 6.54 Å². The fraction of sp³-hybridized carbons (Fsp3) is 0.333. The second kappa shape index (κ2) is 5.24. The van der Waals surface area contributed by atoms with E-state index >= 15 is 0 Å². The lowest BCUT2D eigenvalue weighted by atomic mass is 9.79. The highest BCUT2D eigenvalue weighted by Crippen LogP contribution is 2.46. The second-order valence-electron chi connectivity index (χ2n) is 6.94. The van der Waals surface area contributed by atoms with Gasteiger partial charge in [-0.1, -0.05) is 48.5 Å². The van der Waals surface area contributed by atoms with Crippen LogP contribution in [0.3, 0.4) is 0 Å². The smallest absolute Gasteiger partial charge is 0.0486 e. The standard InChI is InChI=1S/C21H22N2/c1-2-6-15(7-3-1)12-13-23-19-9-5-4-8-17(19)20-18-11-10-16(14-22-18)21(20)23/h1-9,16,18,22H,10-14H2. The maximum atomic E-state index is 3.74. The SMILES string of the molecule is c1ccc(CCn2c3c(c4ccccc42)C2CCC3CN2)cc1. The van der Waals surface area contributed by atoms with E-state index in [1.165, 1.54) is 29.3 Å². The van der Waals surface area contributed by atoms with Gasteiger partial charge in [-0.2, -0.15) is 0 Å². The summed E-state index contributed by atoms with van der Waals surface area (Å²) >= 11 is 0. The molecule has 2 unspecified atom stereocenters. The van der Waals surface area contributed by atoms with Gasteiger partial charge < -0.3 is 9.88 Å². The van der Waals surface area contributed by atoms with Gasteiger partial charge >= 0.3 is 0 Å². The van der Waals surface area contributed by atoms with Gasteiger partial charge in [-0.3, -0.25) is 0 Å². The summed E-state index contributed by atoms with van der Waals surface area (Å²) in [6, 6.07) is 20.4. The minimum atomic E-state index is 0.567. The number of para-hydroxylation sites is 1. The number of rotatable bonds is 3. The zero-order chi connectivity index (χ0) is 15.2. The molecule has 6 rings (SSSR count). The molecule has 1 aromatic heterocycles. The highest BCUT2D eigenvalue weighted by Gasteiger charge is 2.37. The summed E-state index contributed by atoms with van der Waals surface area (Å²) in [7, 11) is 0. The summed E-state index contributed by atoms with van der Waals surface area (Å²) < 4.78 is 2.62. The normalized spacial score (nSPS) is 22.4. The van der Waals surface area contributed by atoms with Crippen LogP contribution in [0.4, 0.5) is 0 Å². The van der Waals surface area contributed by atoms with E-state index in [0.29, 0.717) is 12.0 Å². The molecule has 3 aliphatic rings. The minimum absolute atomic E-state index is 0.567. The molecule has 116 valence electrons. The molecule has 0 saturated carbocycles. The molecule has 1 saturated heterocycles. The quantitative estimate of drug-likeness (QED) is 0.758. The Bertz CT molecular complexity index is 839. The fourth-order valence-electron chi connectivity index (χ4n) is 4.62. The van der Waals surface area contributed by atoms with Gasteiger partial charge in [-0.05, 0) is 36.5 Å². The first-order chi connectivity index (χ1) is 11.4. The van der Waals surface area contributed by atoms with Gasteiger partial charge in [0.05, 0.1) is 0 Å². The molecule has 0 amide bonds. The van der Waals surface area contributed by atoms with Crippen LogP contribution in [0.1, 0.15) is 41.6 Å². The third-order valence-electron chi connectivity index (χ3n) is 5.67. The molecule has 2 aromatic carbocycles. The van der Waals surface area contributed by atoms with Crippen LogP contribution in [0.25, 0.3) is 10.9 Å². The monoisotopic (exact) mass is 302 g/mol. The van der Waals surface area contributed by atoms with Crippen molar-refractivity contribution >= 4 is 10.9 Å². The second-order valence-corrected chi connectivity index (χ2v) is 6.94. The topological polar surface area (TPSA) is 17.0 Å². The van der Waals surface area contributed by atoms with E-state index < -0.39 is 0 Å². The van der Waals surface area contributed by atoms with E-state index in [9.17, 15) is 0 Å². The Morgan fingerprint density at radius 3 is 2.61 bits per heavy atom. The van der Waals surface area contributed by atoms with Crippen molar-refractivity contribution in [3.8, 4) is 0 Å². The van der Waals surface area contributed by atoms with Gasteiger partial charge in [0, 0.05) is 41.6 Å². The Kier molecular flexibility index (Phi) is 3.05. The average molecular weight is 302 g/mol. The highest BCUT2D eigenvalue weighted by atomic mass is 15.0. The maximum absolute atomic E-state index is 3.74. The van der Waals surface area contributed by atoms with E-state index in [4.69, 9.17) is 0 Å². The number of hydrogen-bond donors (Lipinski definition) is 1. The molecule has 0 radical (unpaired) electrons. The first kappa shape index (κ1) is 13.4. The summed E-state index contributed by atoms with van der Waals surface area (Å²) in [6.45, 7) is 2.24. The van der Waals surface area contributed by atoms with E-state index in [2.05, 4.69) is 64.5 Å². The maximum Gasteiger partial charge on any atom is 0.0486 e. The van der Waals surface area contributed by atoms with E-state index in [1.807, 2.05) is 0 Å². The third-order valence-corrected chi connectivity index (χ3v) is 5.67. The summed E-state index contributed by atoms with van der Waals surface area (Å²) in [5.41, 5.74) is 6.07. The molecule has 3 aromatic rings. The van der Waals surface area contributed by atoms with Crippen LogP contribution in [0.15, 0.2) is 54.6 Å². The zero-order valence-electron chi connectivity index (χ0n) is 13.3. The molecule has 23 heavy (non-hydrogen) atoms. The largest absolute Gasteiger partial charge is 0.344 e. The third kappa shape index (κ3) is 2.05. The first-order valence-electron chi connectivity index (χ1n) is 8.80. The Balaban J connectivity index is 1.62. The van der Waals surface area contributed by atoms with E-state index in [0.717, 1.165) is 19.5 Å². The fourth-order valence-corrected chi connectivity index (χ4v) is 4.62. The van der Waals surface area contributed by atoms with Crippen LogP contribution >= 0.6 is 0 Å². The van der Waals surface area contributed by atoms with Gasteiger partial charge in [-0.15, -0.1) is 0 Å². The molecule has 3 heterocycles. The molecule has 2 aliphatic heterocycles. The van der Waals surface area contributed by atoms with Crippen LogP contribution in [-0.4, -0.2) is 11.1 Å². The molecule has 2 bridgehead atoms. The minimum Gasteiger partial charge on any atom is -0.344 e. The lowest BCUT2D eigenvalue weighted by Gasteiger charge is -2.38. The van der Waals surface area contributed by atoms with Crippen molar-refractivity contribution in [2.24, 2.45) is 0 Å². The van der Waals surface area contributed by atoms with E-state index in [-0.39, 0.29) is 0 Å². The lowest BCUT2D eigenvalue weighted by Crippen LogP contribution is -2.39. The Morgan fingerprint density at radius 2 is 1.78 bits per heavy atom. The molecule has 1 fully saturated rings. The molecular formula is C21H22N2. The number of piperidine rings is 1. The number of nitrogens with zero attached hydrogens (tertiary/aromatic N) is 1. The molecule has 2 heteroatoms. The van der Waals surface area contributed by atoms with Gasteiger partial charge in [-0.25, -0.2) is 0 Å². The number of aromatic nitrogens is 1. The molecular weight excluding hydrogens is 280 g/mol. The van der Waals surface area contributed by atoms with E-state index in [1.54, 1.807) is 11.3 Å². The Hall–Kier alpha value is -2.06. The number of fused-ring (bicyclic) bond motifs is 3. The number of nitrogens with one attached hydrogen (secondary N) is 1. The van der Waals surface area contributed by atoms with Crippen molar-refractivity contribution in [3.63, 3.8) is 0 Å². The number of hydrogen-bond acceptors (Lipinski definition) is 1. The summed E-state index contributed by atoms with van der Waals surface area (Å²) in [5, 5.41) is 5.21. The summed E-state index contributed by atoms with van der Waals surface area (Å²) in [5.74, 6) is 0.693. The predicted molar refractivity (Wildman–Crippen MR) is 94.8 cm³/mol. The van der Waals surface area contributed by atoms with Crippen LogP contribution in [0.2, 0.25) is 0 Å². The van der Waals surface area contributed by atoms with Gasteiger partial charge in [0.25, 0.3) is 0 Å². The summed E-state index contributed by atoms with van der Waals surface area (Å²) in [4.78, 5) is 0. The van der Waals surface area contributed by atoms with Crippen LogP contribution < -0.4 is 5.32 Å². The van der Waals surface area contributed by atoms with Gasteiger partial charge in [0.2, 0.25) is 0 Å².